The molecule has 1 aromatic carbocycles. The molecular weight excluding hydrogens is 272 g/mol. The quantitative estimate of drug-likeness (QED) is 0.786. The first kappa shape index (κ1) is 16.8. The van der Waals surface area contributed by atoms with E-state index < -0.39 is 0 Å². The van der Waals surface area contributed by atoms with Crippen LogP contribution in [0.25, 0.3) is 0 Å². The number of anilines is 1. The minimum Gasteiger partial charge on any atom is -0.385 e. The van der Waals surface area contributed by atoms with Crippen molar-refractivity contribution in [3.8, 4) is 0 Å². The summed E-state index contributed by atoms with van der Waals surface area (Å²) in [5.41, 5.74) is 1.43. The first-order chi connectivity index (χ1) is 9.47. The second kappa shape index (κ2) is 8.15. The number of rotatable bonds is 7. The predicted molar refractivity (Wildman–Crippen MR) is 86.6 cm³/mol. The molecule has 0 radical (unpaired) electrons. The van der Waals surface area contributed by atoms with E-state index in [0.29, 0.717) is 16.5 Å². The lowest BCUT2D eigenvalue weighted by molar-refractivity contribution is 0.0936. The van der Waals surface area contributed by atoms with Gasteiger partial charge in [-0.05, 0) is 44.4 Å². The van der Waals surface area contributed by atoms with E-state index in [0.717, 1.165) is 25.1 Å². The molecule has 0 heterocycles. The number of carbonyl (C=O) groups is 1. The molecule has 0 aliphatic carbocycles. The first-order valence-corrected chi connectivity index (χ1v) is 7.69. The molecule has 0 fully saturated rings. The predicted octanol–water partition coefficient (Wildman–Crippen LogP) is 4.33. The summed E-state index contributed by atoms with van der Waals surface area (Å²) in [6.45, 7) is 9.18. The van der Waals surface area contributed by atoms with Crippen LogP contribution in [0.15, 0.2) is 18.2 Å². The van der Waals surface area contributed by atoms with Crippen molar-refractivity contribution >= 4 is 23.2 Å². The van der Waals surface area contributed by atoms with Crippen molar-refractivity contribution in [1.82, 2.24) is 5.32 Å². The highest BCUT2D eigenvalue weighted by Crippen LogP contribution is 2.21. The van der Waals surface area contributed by atoms with E-state index >= 15 is 0 Å². The van der Waals surface area contributed by atoms with Crippen LogP contribution in [-0.4, -0.2) is 18.5 Å². The molecule has 112 valence electrons. The molecular formula is C16H25ClN2O. The normalized spacial score (nSPS) is 13.7. The average Bonchev–Trinajstić information content (AvgIpc) is 2.40. The van der Waals surface area contributed by atoms with E-state index in [-0.39, 0.29) is 11.9 Å². The summed E-state index contributed by atoms with van der Waals surface area (Å²) < 4.78 is 0. The van der Waals surface area contributed by atoms with Gasteiger partial charge in [-0.2, -0.15) is 0 Å². The fourth-order valence-electron chi connectivity index (χ4n) is 2.18. The minimum atomic E-state index is -0.0701. The maximum Gasteiger partial charge on any atom is 0.253 e. The summed E-state index contributed by atoms with van der Waals surface area (Å²) in [7, 11) is 0. The fourth-order valence-corrected chi connectivity index (χ4v) is 2.35. The van der Waals surface area contributed by atoms with Crippen LogP contribution >= 0.6 is 11.6 Å². The van der Waals surface area contributed by atoms with Crippen LogP contribution in [0.5, 0.6) is 0 Å². The molecule has 0 aliphatic heterocycles. The van der Waals surface area contributed by atoms with Gasteiger partial charge in [-0.15, -0.1) is 0 Å². The zero-order valence-corrected chi connectivity index (χ0v) is 13.6. The topological polar surface area (TPSA) is 41.1 Å². The molecule has 0 saturated carbocycles. The third-order valence-electron chi connectivity index (χ3n) is 3.42. The zero-order chi connectivity index (χ0) is 15.1. The molecule has 0 saturated heterocycles. The molecule has 2 unspecified atom stereocenters. The SMILES string of the molecule is CCNc1ccc(Cl)cc1C(=O)NC(C)CC(C)CC. The third kappa shape index (κ3) is 5.04. The Hall–Kier alpha value is -1.22. The van der Waals surface area contributed by atoms with E-state index in [9.17, 15) is 4.79 Å². The Bertz CT molecular complexity index is 448. The van der Waals surface area contributed by atoms with Crippen LogP contribution < -0.4 is 10.6 Å². The molecule has 0 bridgehead atoms. The van der Waals surface area contributed by atoms with Gasteiger partial charge in [-0.1, -0.05) is 31.9 Å². The Morgan fingerprint density at radius 1 is 1.30 bits per heavy atom. The molecule has 0 spiro atoms. The van der Waals surface area contributed by atoms with Gasteiger partial charge in [-0.25, -0.2) is 0 Å². The molecule has 0 aromatic heterocycles. The lowest BCUT2D eigenvalue weighted by Gasteiger charge is -2.19. The summed E-state index contributed by atoms with van der Waals surface area (Å²) in [6, 6.07) is 5.51. The van der Waals surface area contributed by atoms with Gasteiger partial charge in [0.2, 0.25) is 0 Å². The third-order valence-corrected chi connectivity index (χ3v) is 3.66. The number of amides is 1. The van der Waals surface area contributed by atoms with Gasteiger partial charge in [0.25, 0.3) is 5.91 Å². The van der Waals surface area contributed by atoms with Gasteiger partial charge in [0.1, 0.15) is 0 Å². The Morgan fingerprint density at radius 3 is 2.60 bits per heavy atom. The lowest BCUT2D eigenvalue weighted by Crippen LogP contribution is -2.34. The number of nitrogens with one attached hydrogen (secondary N) is 2. The highest BCUT2D eigenvalue weighted by molar-refractivity contribution is 6.31. The smallest absolute Gasteiger partial charge is 0.253 e. The summed E-state index contributed by atoms with van der Waals surface area (Å²) in [5.74, 6) is 0.539. The van der Waals surface area contributed by atoms with Gasteiger partial charge < -0.3 is 10.6 Å². The average molecular weight is 297 g/mol. The van der Waals surface area contributed by atoms with E-state index in [1.165, 1.54) is 0 Å². The second-order valence-corrected chi connectivity index (χ2v) is 5.78. The summed E-state index contributed by atoms with van der Waals surface area (Å²) in [5, 5.41) is 6.82. The molecule has 2 N–H and O–H groups in total. The Balaban J connectivity index is 2.78. The molecule has 1 aromatic rings. The standard InChI is InChI=1S/C16H25ClN2O/c1-5-11(3)9-12(4)19-16(20)14-10-13(17)7-8-15(14)18-6-2/h7-8,10-12,18H,5-6,9H2,1-4H3,(H,19,20). The second-order valence-electron chi connectivity index (χ2n) is 5.34. The summed E-state index contributed by atoms with van der Waals surface area (Å²) >= 11 is 6.00. The Kier molecular flexibility index (Phi) is 6.86. The monoisotopic (exact) mass is 296 g/mol. The molecule has 20 heavy (non-hydrogen) atoms. The maximum atomic E-state index is 12.4. The van der Waals surface area contributed by atoms with Crippen LogP contribution in [-0.2, 0) is 0 Å². The molecule has 1 amide bonds. The number of halogens is 1. The zero-order valence-electron chi connectivity index (χ0n) is 12.8. The van der Waals surface area contributed by atoms with Crippen molar-refractivity contribution in [3.63, 3.8) is 0 Å². The van der Waals surface area contributed by atoms with Gasteiger partial charge in [0.15, 0.2) is 0 Å². The van der Waals surface area contributed by atoms with Crippen molar-refractivity contribution < 1.29 is 4.79 Å². The highest BCUT2D eigenvalue weighted by atomic mass is 35.5. The van der Waals surface area contributed by atoms with E-state index in [4.69, 9.17) is 11.6 Å². The van der Waals surface area contributed by atoms with Crippen molar-refractivity contribution in [3.05, 3.63) is 28.8 Å². The lowest BCUT2D eigenvalue weighted by atomic mass is 10.00. The van der Waals surface area contributed by atoms with E-state index in [1.54, 1.807) is 12.1 Å². The minimum absolute atomic E-state index is 0.0701. The molecule has 0 aliphatic rings. The van der Waals surface area contributed by atoms with Crippen molar-refractivity contribution in [2.24, 2.45) is 5.92 Å². The molecule has 2 atom stereocenters. The summed E-state index contributed by atoms with van der Waals surface area (Å²) in [6.07, 6.45) is 2.11. The van der Waals surface area contributed by atoms with Crippen molar-refractivity contribution in [2.75, 3.05) is 11.9 Å². The van der Waals surface area contributed by atoms with Gasteiger partial charge in [0, 0.05) is 23.3 Å². The maximum absolute atomic E-state index is 12.4. The number of benzene rings is 1. The molecule has 4 heteroatoms. The van der Waals surface area contributed by atoms with Crippen LogP contribution in [0.3, 0.4) is 0 Å². The van der Waals surface area contributed by atoms with Gasteiger partial charge in [0.05, 0.1) is 5.56 Å². The Morgan fingerprint density at radius 2 is 2.00 bits per heavy atom. The summed E-state index contributed by atoms with van der Waals surface area (Å²) in [4.78, 5) is 12.4. The van der Waals surface area contributed by atoms with Crippen LogP contribution in [0.2, 0.25) is 5.02 Å². The number of carbonyl (C=O) groups excluding carboxylic acids is 1. The van der Waals surface area contributed by atoms with Crippen LogP contribution in [0, 0.1) is 5.92 Å². The highest BCUT2D eigenvalue weighted by Gasteiger charge is 2.15. The molecule has 1 rings (SSSR count). The van der Waals surface area contributed by atoms with Gasteiger partial charge >= 0.3 is 0 Å². The van der Waals surface area contributed by atoms with E-state index in [1.807, 2.05) is 19.9 Å². The fraction of sp³-hybridized carbons (Fsp3) is 0.562. The largest absolute Gasteiger partial charge is 0.385 e. The van der Waals surface area contributed by atoms with E-state index in [2.05, 4.69) is 24.5 Å². The van der Waals surface area contributed by atoms with Crippen LogP contribution in [0.1, 0.15) is 50.9 Å². The number of hydrogen-bond donors (Lipinski definition) is 2. The van der Waals surface area contributed by atoms with Crippen molar-refractivity contribution in [1.29, 1.82) is 0 Å². The van der Waals surface area contributed by atoms with Crippen molar-refractivity contribution in [2.45, 2.75) is 46.6 Å². The van der Waals surface area contributed by atoms with Crippen LogP contribution in [0.4, 0.5) is 5.69 Å². The molecule has 3 nitrogen and oxygen atoms in total. The first-order valence-electron chi connectivity index (χ1n) is 7.32. The van der Waals surface area contributed by atoms with Gasteiger partial charge in [-0.3, -0.25) is 4.79 Å². The number of hydrogen-bond acceptors (Lipinski definition) is 2. The Labute approximate surface area is 127 Å².